The first-order chi connectivity index (χ1) is 3.43. The van der Waals surface area contributed by atoms with Gasteiger partial charge in [0, 0.05) is 0 Å². The molecule has 7 heavy (non-hydrogen) atoms. The molecule has 1 heterocycles. The maximum absolute atomic E-state index is 8.43. The molecule has 1 N–H and O–H groups in total. The van der Waals surface area contributed by atoms with Crippen LogP contribution in [0.5, 0.6) is 0 Å². The van der Waals surface area contributed by atoms with E-state index in [4.69, 9.17) is 5.02 Å². The quantitative estimate of drug-likeness (QED) is 0.495. The Kier molecular flexibility index (Phi) is 1.49. The molecular formula is C4H5BOS. The predicted octanol–water partition coefficient (Wildman–Crippen LogP) is -0.283. The number of thiophene rings is 1. The summed E-state index contributed by atoms with van der Waals surface area (Å²) in [5.41, 5.74) is 1.00. The van der Waals surface area contributed by atoms with Gasteiger partial charge in [-0.3, -0.25) is 0 Å². The molecule has 1 aromatic rings. The summed E-state index contributed by atoms with van der Waals surface area (Å²) in [7, 11) is 0.170. The molecule has 0 aliphatic carbocycles. The maximum atomic E-state index is 8.43. The van der Waals surface area contributed by atoms with Gasteiger partial charge in [0.2, 0.25) is 0 Å². The monoisotopic (exact) mass is 112 g/mol. The zero-order chi connectivity index (χ0) is 5.11. The molecule has 0 spiro atoms. The van der Waals surface area contributed by atoms with Crippen LogP contribution in [0, 0.1) is 0 Å². The third kappa shape index (κ3) is 1.04. The normalized spacial score (nSPS) is 8.71. The lowest BCUT2D eigenvalue weighted by Gasteiger charge is -1.75. The van der Waals surface area contributed by atoms with Crippen molar-refractivity contribution in [3.8, 4) is 0 Å². The second kappa shape index (κ2) is 2.14. The van der Waals surface area contributed by atoms with Crippen molar-refractivity contribution >= 4 is 24.3 Å². The highest BCUT2D eigenvalue weighted by atomic mass is 32.1. The third-order valence-corrected chi connectivity index (χ3v) is 1.49. The Balaban J connectivity index is 2.76. The molecule has 0 fully saturated rings. The Morgan fingerprint density at radius 1 is 1.71 bits per heavy atom. The Bertz CT molecular complexity index is 126. The van der Waals surface area contributed by atoms with E-state index < -0.39 is 0 Å². The fourth-order valence-corrected chi connectivity index (χ4v) is 1.04. The fraction of sp³-hybridized carbons (Fsp3) is 0. The molecule has 0 atom stereocenters. The Morgan fingerprint density at radius 2 is 2.57 bits per heavy atom. The van der Waals surface area contributed by atoms with Crippen molar-refractivity contribution in [1.29, 1.82) is 0 Å². The summed E-state index contributed by atoms with van der Waals surface area (Å²) in [4.78, 5) is 0. The predicted molar refractivity (Wildman–Crippen MR) is 33.3 cm³/mol. The molecule has 1 aromatic heterocycles. The lowest BCUT2D eigenvalue weighted by Crippen LogP contribution is -2.08. The van der Waals surface area contributed by atoms with E-state index in [0.29, 0.717) is 0 Å². The molecule has 0 saturated carbocycles. The summed E-state index contributed by atoms with van der Waals surface area (Å²) in [6.45, 7) is 0. The molecule has 1 nitrogen and oxygen atoms in total. The average molecular weight is 112 g/mol. The highest BCUT2D eigenvalue weighted by Crippen LogP contribution is 1.89. The number of rotatable bonds is 1. The van der Waals surface area contributed by atoms with Gasteiger partial charge in [0.05, 0.1) is 0 Å². The summed E-state index contributed by atoms with van der Waals surface area (Å²) >= 11 is 1.60. The van der Waals surface area contributed by atoms with E-state index in [1.54, 1.807) is 11.3 Å². The van der Waals surface area contributed by atoms with Gasteiger partial charge in [-0.2, -0.15) is 11.3 Å². The van der Waals surface area contributed by atoms with Crippen LogP contribution >= 0.6 is 11.3 Å². The van der Waals surface area contributed by atoms with Gasteiger partial charge >= 0.3 is 7.48 Å². The van der Waals surface area contributed by atoms with Crippen molar-refractivity contribution in [1.82, 2.24) is 0 Å². The minimum absolute atomic E-state index is 0.170. The van der Waals surface area contributed by atoms with Crippen LogP contribution in [0.2, 0.25) is 0 Å². The molecule has 0 saturated heterocycles. The van der Waals surface area contributed by atoms with Gasteiger partial charge in [-0.1, -0.05) is 6.07 Å². The first-order valence-electron chi connectivity index (χ1n) is 2.05. The SMILES string of the molecule is OBc1ccsc1. The zero-order valence-electron chi connectivity index (χ0n) is 3.79. The van der Waals surface area contributed by atoms with E-state index in [1.807, 2.05) is 16.8 Å². The topological polar surface area (TPSA) is 20.2 Å². The van der Waals surface area contributed by atoms with Gasteiger partial charge in [-0.15, -0.1) is 0 Å². The molecule has 1 rings (SSSR count). The molecule has 0 radical (unpaired) electrons. The van der Waals surface area contributed by atoms with Crippen LogP contribution in [-0.4, -0.2) is 12.5 Å². The van der Waals surface area contributed by atoms with E-state index in [9.17, 15) is 0 Å². The highest BCUT2D eigenvalue weighted by molar-refractivity contribution is 7.08. The van der Waals surface area contributed by atoms with Crippen molar-refractivity contribution in [2.45, 2.75) is 0 Å². The summed E-state index contributed by atoms with van der Waals surface area (Å²) in [5.74, 6) is 0. The molecule has 0 aliphatic heterocycles. The van der Waals surface area contributed by atoms with Gasteiger partial charge in [0.25, 0.3) is 0 Å². The van der Waals surface area contributed by atoms with Gasteiger partial charge in [0.1, 0.15) is 0 Å². The minimum atomic E-state index is 0.170. The van der Waals surface area contributed by atoms with Crippen LogP contribution in [-0.2, 0) is 0 Å². The molecule has 0 amide bonds. The van der Waals surface area contributed by atoms with Crippen molar-refractivity contribution in [3.05, 3.63) is 16.8 Å². The number of hydrogen-bond acceptors (Lipinski definition) is 2. The molecule has 0 aliphatic rings. The molecular weight excluding hydrogens is 107 g/mol. The summed E-state index contributed by atoms with van der Waals surface area (Å²) in [6, 6.07) is 1.91. The fourth-order valence-electron chi connectivity index (χ4n) is 0.383. The van der Waals surface area contributed by atoms with Crippen LogP contribution in [0.3, 0.4) is 0 Å². The van der Waals surface area contributed by atoms with Crippen LogP contribution in [0.25, 0.3) is 0 Å². The Morgan fingerprint density at radius 3 is 2.86 bits per heavy atom. The van der Waals surface area contributed by atoms with Gasteiger partial charge in [-0.25, -0.2) is 0 Å². The van der Waals surface area contributed by atoms with Gasteiger partial charge in [0.15, 0.2) is 0 Å². The lowest BCUT2D eigenvalue weighted by molar-refractivity contribution is 0.615. The third-order valence-electron chi connectivity index (χ3n) is 0.763. The van der Waals surface area contributed by atoms with E-state index in [2.05, 4.69) is 0 Å². The Labute approximate surface area is 46.9 Å². The molecule has 36 valence electrons. The van der Waals surface area contributed by atoms with Crippen LogP contribution in [0.1, 0.15) is 0 Å². The average Bonchev–Trinajstić information content (AvgIpc) is 2.14. The van der Waals surface area contributed by atoms with Crippen molar-refractivity contribution < 1.29 is 5.02 Å². The van der Waals surface area contributed by atoms with Crippen LogP contribution < -0.4 is 5.46 Å². The Hall–Kier alpha value is -0.275. The number of hydrogen-bond donors (Lipinski definition) is 1. The van der Waals surface area contributed by atoms with Crippen molar-refractivity contribution in [3.63, 3.8) is 0 Å². The second-order valence-electron chi connectivity index (χ2n) is 1.29. The summed E-state index contributed by atoms with van der Waals surface area (Å²) in [5, 5.41) is 12.3. The molecule has 0 unspecified atom stereocenters. The van der Waals surface area contributed by atoms with E-state index in [-0.39, 0.29) is 7.48 Å². The zero-order valence-corrected chi connectivity index (χ0v) is 4.61. The van der Waals surface area contributed by atoms with Crippen LogP contribution in [0.15, 0.2) is 16.8 Å². The largest absolute Gasteiger partial charge is 0.449 e. The van der Waals surface area contributed by atoms with Crippen molar-refractivity contribution in [2.75, 3.05) is 0 Å². The maximum Gasteiger partial charge on any atom is 0.305 e. The lowest BCUT2D eigenvalue weighted by atomic mass is 9.93. The molecule has 0 aromatic carbocycles. The summed E-state index contributed by atoms with van der Waals surface area (Å²) < 4.78 is 0. The second-order valence-corrected chi connectivity index (χ2v) is 2.07. The minimum Gasteiger partial charge on any atom is -0.449 e. The van der Waals surface area contributed by atoms with Crippen LogP contribution in [0.4, 0.5) is 0 Å². The molecule has 0 bridgehead atoms. The van der Waals surface area contributed by atoms with E-state index in [0.717, 1.165) is 5.46 Å². The van der Waals surface area contributed by atoms with Gasteiger partial charge in [-0.05, 0) is 16.2 Å². The van der Waals surface area contributed by atoms with Gasteiger partial charge < -0.3 is 5.02 Å². The smallest absolute Gasteiger partial charge is 0.305 e. The van der Waals surface area contributed by atoms with Crippen molar-refractivity contribution in [2.24, 2.45) is 0 Å². The first kappa shape index (κ1) is 4.87. The highest BCUT2D eigenvalue weighted by Gasteiger charge is 1.87. The van der Waals surface area contributed by atoms with E-state index in [1.165, 1.54) is 0 Å². The first-order valence-corrected chi connectivity index (χ1v) is 2.99. The van der Waals surface area contributed by atoms with E-state index >= 15 is 0 Å². The molecule has 3 heteroatoms. The summed E-state index contributed by atoms with van der Waals surface area (Å²) in [6.07, 6.45) is 0. The standard InChI is InChI=1S/C4H5BOS/c6-5-4-1-2-7-3-4/h1-3,5-6H.